The van der Waals surface area contributed by atoms with Crippen LogP contribution in [0.2, 0.25) is 0 Å². The van der Waals surface area contributed by atoms with Crippen LogP contribution in [0.1, 0.15) is 20.3 Å². The van der Waals surface area contributed by atoms with Crippen LogP contribution in [-0.2, 0) is 9.47 Å². The largest absolute Gasteiger partial charge is 0.493 e. The first-order valence-corrected chi connectivity index (χ1v) is 6.95. The highest BCUT2D eigenvalue weighted by atomic mass is 127. The zero-order valence-corrected chi connectivity index (χ0v) is 12.5. The van der Waals surface area contributed by atoms with Crippen molar-refractivity contribution in [1.82, 2.24) is 0 Å². The smallest absolute Gasteiger partial charge is 0.160 e. The van der Waals surface area contributed by atoms with Gasteiger partial charge in [-0.05, 0) is 60.7 Å². The molecule has 0 spiro atoms. The Morgan fingerprint density at radius 2 is 1.65 bits per heavy atom. The summed E-state index contributed by atoms with van der Waals surface area (Å²) in [6.07, 6.45) is 0.585. The number of ether oxygens (including phenoxy) is 3. The molecule has 0 aromatic heterocycles. The summed E-state index contributed by atoms with van der Waals surface area (Å²) in [5.74, 6) is 0.886. The summed E-state index contributed by atoms with van der Waals surface area (Å²) in [6, 6.07) is 7.99. The molecular formula is C13H19IO3. The minimum atomic E-state index is -0.158. The van der Waals surface area contributed by atoms with E-state index in [-0.39, 0.29) is 6.29 Å². The van der Waals surface area contributed by atoms with Gasteiger partial charge in [0.2, 0.25) is 0 Å². The van der Waals surface area contributed by atoms with Crippen molar-refractivity contribution in [2.75, 3.05) is 19.8 Å². The average Bonchev–Trinajstić information content (AvgIpc) is 2.32. The van der Waals surface area contributed by atoms with E-state index in [1.165, 1.54) is 3.57 Å². The molecule has 1 aromatic carbocycles. The molecule has 17 heavy (non-hydrogen) atoms. The van der Waals surface area contributed by atoms with Gasteiger partial charge in [0, 0.05) is 23.2 Å². The second-order valence-electron chi connectivity index (χ2n) is 3.43. The molecule has 3 nitrogen and oxygen atoms in total. The predicted octanol–water partition coefficient (Wildman–Crippen LogP) is 3.46. The molecule has 0 heterocycles. The molecule has 0 fully saturated rings. The second kappa shape index (κ2) is 8.72. The summed E-state index contributed by atoms with van der Waals surface area (Å²) >= 11 is 2.27. The fourth-order valence-electron chi connectivity index (χ4n) is 1.39. The summed E-state index contributed by atoms with van der Waals surface area (Å²) in [7, 11) is 0. The lowest BCUT2D eigenvalue weighted by Crippen LogP contribution is -2.20. The Labute approximate surface area is 117 Å². The molecule has 0 N–H and O–H groups in total. The van der Waals surface area contributed by atoms with E-state index < -0.39 is 0 Å². The molecule has 0 radical (unpaired) electrons. The number of halogens is 1. The molecule has 0 saturated carbocycles. The van der Waals surface area contributed by atoms with Crippen LogP contribution in [0.3, 0.4) is 0 Å². The molecule has 96 valence electrons. The lowest BCUT2D eigenvalue weighted by atomic mass is 10.3. The van der Waals surface area contributed by atoms with Gasteiger partial charge < -0.3 is 14.2 Å². The van der Waals surface area contributed by atoms with Crippen LogP contribution < -0.4 is 4.74 Å². The lowest BCUT2D eigenvalue weighted by molar-refractivity contribution is -0.142. The fourth-order valence-corrected chi connectivity index (χ4v) is 1.75. The highest BCUT2D eigenvalue weighted by molar-refractivity contribution is 14.1. The Hall–Kier alpha value is -0.330. The van der Waals surface area contributed by atoms with Crippen molar-refractivity contribution < 1.29 is 14.2 Å². The van der Waals surface area contributed by atoms with Crippen LogP contribution in [0.4, 0.5) is 0 Å². The second-order valence-corrected chi connectivity index (χ2v) is 4.68. The summed E-state index contributed by atoms with van der Waals surface area (Å²) < 4.78 is 17.7. The standard InChI is InChI=1S/C13H19IO3/c1-3-15-13(16-4-2)9-10-17-12-7-5-11(14)6-8-12/h5-8,13H,3-4,9-10H2,1-2H3. The van der Waals surface area contributed by atoms with Gasteiger partial charge in [0.25, 0.3) is 0 Å². The van der Waals surface area contributed by atoms with Gasteiger partial charge >= 0.3 is 0 Å². The first-order chi connectivity index (χ1) is 8.26. The molecule has 1 rings (SSSR count). The summed E-state index contributed by atoms with van der Waals surface area (Å²) in [4.78, 5) is 0. The van der Waals surface area contributed by atoms with Gasteiger partial charge in [-0.1, -0.05) is 0 Å². The van der Waals surface area contributed by atoms with Crippen molar-refractivity contribution in [1.29, 1.82) is 0 Å². The maximum atomic E-state index is 5.62. The molecule has 0 aliphatic rings. The van der Waals surface area contributed by atoms with Crippen LogP contribution in [0.15, 0.2) is 24.3 Å². The van der Waals surface area contributed by atoms with Crippen LogP contribution in [0.5, 0.6) is 5.75 Å². The van der Waals surface area contributed by atoms with E-state index in [1.54, 1.807) is 0 Å². The van der Waals surface area contributed by atoms with E-state index in [2.05, 4.69) is 22.6 Å². The van der Waals surface area contributed by atoms with E-state index in [9.17, 15) is 0 Å². The number of hydrogen-bond acceptors (Lipinski definition) is 3. The van der Waals surface area contributed by atoms with Gasteiger partial charge in [0.05, 0.1) is 6.61 Å². The zero-order valence-electron chi connectivity index (χ0n) is 10.3. The molecule has 0 atom stereocenters. The number of hydrogen-bond donors (Lipinski definition) is 0. The van der Waals surface area contributed by atoms with E-state index >= 15 is 0 Å². The highest BCUT2D eigenvalue weighted by Crippen LogP contribution is 2.14. The SMILES string of the molecule is CCOC(CCOc1ccc(I)cc1)OCC. The molecule has 0 saturated heterocycles. The molecule has 1 aromatic rings. The summed E-state index contributed by atoms with van der Waals surface area (Å²) in [5.41, 5.74) is 0. The normalized spacial score (nSPS) is 10.8. The third-order valence-corrected chi connectivity index (χ3v) is 2.86. The van der Waals surface area contributed by atoms with Crippen LogP contribution >= 0.6 is 22.6 Å². The molecule has 0 aliphatic carbocycles. The molecule has 0 amide bonds. The van der Waals surface area contributed by atoms with Crippen molar-refractivity contribution in [3.05, 3.63) is 27.8 Å². The van der Waals surface area contributed by atoms with Crippen molar-refractivity contribution in [2.24, 2.45) is 0 Å². The maximum absolute atomic E-state index is 5.62. The Bertz CT molecular complexity index is 294. The van der Waals surface area contributed by atoms with Gasteiger partial charge in [-0.15, -0.1) is 0 Å². The topological polar surface area (TPSA) is 27.7 Å². The van der Waals surface area contributed by atoms with Gasteiger partial charge in [-0.25, -0.2) is 0 Å². The molecular weight excluding hydrogens is 331 g/mol. The molecule has 0 unspecified atom stereocenters. The summed E-state index contributed by atoms with van der Waals surface area (Å²) in [6.45, 7) is 5.85. The Morgan fingerprint density at radius 1 is 1.06 bits per heavy atom. The van der Waals surface area contributed by atoms with Crippen molar-refractivity contribution >= 4 is 22.6 Å². The third kappa shape index (κ3) is 6.24. The van der Waals surface area contributed by atoms with Gasteiger partial charge in [0.1, 0.15) is 5.75 Å². The maximum Gasteiger partial charge on any atom is 0.160 e. The Morgan fingerprint density at radius 3 is 2.18 bits per heavy atom. The third-order valence-electron chi connectivity index (χ3n) is 2.14. The van der Waals surface area contributed by atoms with Gasteiger partial charge in [-0.3, -0.25) is 0 Å². The minimum Gasteiger partial charge on any atom is -0.493 e. The van der Waals surface area contributed by atoms with Crippen molar-refractivity contribution in [2.45, 2.75) is 26.6 Å². The Kier molecular flexibility index (Phi) is 7.55. The predicted molar refractivity (Wildman–Crippen MR) is 76.3 cm³/mol. The zero-order chi connectivity index (χ0) is 12.5. The first-order valence-electron chi connectivity index (χ1n) is 5.87. The fraction of sp³-hybridized carbons (Fsp3) is 0.538. The average molecular weight is 350 g/mol. The minimum absolute atomic E-state index is 0.158. The van der Waals surface area contributed by atoms with E-state index in [0.29, 0.717) is 19.8 Å². The van der Waals surface area contributed by atoms with Crippen molar-refractivity contribution in [3.8, 4) is 5.75 Å². The number of benzene rings is 1. The van der Waals surface area contributed by atoms with E-state index in [1.807, 2.05) is 38.1 Å². The molecule has 4 heteroatoms. The Balaban J connectivity index is 2.27. The number of rotatable bonds is 8. The van der Waals surface area contributed by atoms with Crippen molar-refractivity contribution in [3.63, 3.8) is 0 Å². The van der Waals surface area contributed by atoms with Gasteiger partial charge in [-0.2, -0.15) is 0 Å². The van der Waals surface area contributed by atoms with Crippen LogP contribution in [-0.4, -0.2) is 26.1 Å². The van der Waals surface area contributed by atoms with Crippen LogP contribution in [0.25, 0.3) is 0 Å². The molecule has 0 aliphatic heterocycles. The van der Waals surface area contributed by atoms with E-state index in [4.69, 9.17) is 14.2 Å². The molecule has 0 bridgehead atoms. The highest BCUT2D eigenvalue weighted by Gasteiger charge is 2.07. The first kappa shape index (κ1) is 14.7. The van der Waals surface area contributed by atoms with E-state index in [0.717, 1.165) is 12.2 Å². The van der Waals surface area contributed by atoms with Crippen LogP contribution in [0, 0.1) is 3.57 Å². The van der Waals surface area contributed by atoms with Gasteiger partial charge in [0.15, 0.2) is 6.29 Å². The lowest BCUT2D eigenvalue weighted by Gasteiger charge is -2.17. The quantitative estimate of drug-likeness (QED) is 0.531. The monoisotopic (exact) mass is 350 g/mol. The summed E-state index contributed by atoms with van der Waals surface area (Å²) in [5, 5.41) is 0.